The van der Waals surface area contributed by atoms with Crippen molar-refractivity contribution in [3.05, 3.63) is 0 Å². The summed E-state index contributed by atoms with van der Waals surface area (Å²) in [7, 11) is 0. The summed E-state index contributed by atoms with van der Waals surface area (Å²) in [5.74, 6) is 0.0417. The Morgan fingerprint density at radius 2 is 2.20 bits per heavy atom. The van der Waals surface area contributed by atoms with Gasteiger partial charge in [-0.3, -0.25) is 0 Å². The number of carbonyl (C=O) groups excluding carboxylic acids is 1. The minimum absolute atomic E-state index is 0.0417. The fourth-order valence-electron chi connectivity index (χ4n) is 0. The van der Waals surface area contributed by atoms with Crippen LogP contribution in [0.4, 0.5) is 0 Å². The van der Waals surface area contributed by atoms with Crippen LogP contribution >= 0.6 is 0 Å². The van der Waals surface area contributed by atoms with Crippen LogP contribution in [0.1, 0.15) is 6.92 Å². The Hall–Kier alpha value is 0.138. The van der Waals surface area contributed by atoms with Crippen molar-refractivity contribution in [2.24, 2.45) is 0 Å². The number of hydrogen-bond donors (Lipinski definition) is 0. The van der Waals surface area contributed by atoms with Crippen molar-refractivity contribution in [2.45, 2.75) is 6.92 Å². The Morgan fingerprint density at radius 1 is 2.00 bits per heavy atom. The zero-order valence-corrected chi connectivity index (χ0v) is 5.75. The van der Waals surface area contributed by atoms with Crippen molar-refractivity contribution in [1.82, 2.24) is 0 Å². The van der Waals surface area contributed by atoms with Gasteiger partial charge in [-0.25, -0.2) is 0 Å². The molecule has 0 atom stereocenters. The topological polar surface area (TPSA) is 17.1 Å². The van der Waals surface area contributed by atoms with Gasteiger partial charge in [0.2, 0.25) is 0 Å². The summed E-state index contributed by atoms with van der Waals surface area (Å²) in [6.45, 7) is 1.49. The summed E-state index contributed by atoms with van der Waals surface area (Å²) < 4.78 is 2.47. The molecule has 0 unspecified atom stereocenters. The zero-order valence-electron chi connectivity index (χ0n) is 2.82. The molecule has 5 heavy (non-hydrogen) atoms. The first-order valence-electron chi connectivity index (χ1n) is 1.16. The van der Waals surface area contributed by atoms with Gasteiger partial charge in [0.15, 0.2) is 0 Å². The quantitative estimate of drug-likeness (QED) is 0.585. The normalized spacial score (nSPS) is 5.60. The monoisotopic (exact) mass is 239 g/mol. The Kier molecular flexibility index (Phi) is 2.45. The van der Waals surface area contributed by atoms with Gasteiger partial charge < -0.3 is 0 Å². The van der Waals surface area contributed by atoms with E-state index in [1.54, 1.807) is 0 Å². The first kappa shape index (κ1) is 5.14. The molecule has 1 nitrogen and oxygen atoms in total. The Labute approximate surface area is 41.4 Å². The van der Waals surface area contributed by atoms with Crippen LogP contribution in [0, 0.1) is 4.20 Å². The van der Waals surface area contributed by atoms with Gasteiger partial charge in [0.1, 0.15) is 0 Å². The van der Waals surface area contributed by atoms with Gasteiger partial charge in [-0.05, 0) is 0 Å². The third-order valence-corrected chi connectivity index (χ3v) is 1.18. The predicted octanol–water partition coefficient (Wildman–Crippen LogP) is 0.0814. The van der Waals surface area contributed by atoms with E-state index in [2.05, 4.69) is 4.20 Å². The van der Waals surface area contributed by atoms with Gasteiger partial charge in [-0.15, -0.1) is 0 Å². The molecule has 0 aromatic carbocycles. The van der Waals surface area contributed by atoms with E-state index in [0.717, 1.165) is 19.2 Å². The van der Waals surface area contributed by atoms with Crippen molar-refractivity contribution in [3.8, 4) is 4.20 Å². The molecule has 27 valence electrons. The number of rotatable bonds is 0. The number of Topliss-reactive ketones (excluding diaryl/α,β-unsaturated/α-hetero) is 1. The van der Waals surface area contributed by atoms with Crippen molar-refractivity contribution >= 4 is 5.78 Å². The first-order chi connectivity index (χ1) is 2.27. The van der Waals surface area contributed by atoms with Crippen LogP contribution in [0.15, 0.2) is 0 Å². The molecule has 0 aromatic rings. The second-order valence-corrected chi connectivity index (χ2v) is 1.39. The second-order valence-electron chi connectivity index (χ2n) is 0.658. The van der Waals surface area contributed by atoms with Gasteiger partial charge in [-0.1, -0.05) is 0 Å². The van der Waals surface area contributed by atoms with Gasteiger partial charge >= 0.3 is 40.9 Å². The van der Waals surface area contributed by atoms with Crippen LogP contribution in [0.5, 0.6) is 0 Å². The van der Waals surface area contributed by atoms with Gasteiger partial charge in [0.05, 0.1) is 0 Å². The molecule has 0 fully saturated rings. The molecule has 0 aliphatic carbocycles. The molecule has 0 aliphatic heterocycles. The number of hydrogen-bond acceptors (Lipinski definition) is 1. The van der Waals surface area contributed by atoms with E-state index in [1.807, 2.05) is 0 Å². The predicted molar refractivity (Wildman–Crippen MR) is 14.6 cm³/mol. The Morgan fingerprint density at radius 3 is 2.20 bits per heavy atom. The Balaban J connectivity index is 3.35. The van der Waals surface area contributed by atoms with E-state index < -0.39 is 0 Å². The average Bonchev–Trinajstić information content (AvgIpc) is 1.38. The minimum atomic E-state index is 0.0417. The molecule has 0 heterocycles. The summed E-state index contributed by atoms with van der Waals surface area (Å²) >= 11 is 1.10. The van der Waals surface area contributed by atoms with Crippen LogP contribution < -0.4 is 0 Å². The third kappa shape index (κ3) is 4.14. The summed E-state index contributed by atoms with van der Waals surface area (Å²) in [4.78, 5) is 9.72. The summed E-state index contributed by atoms with van der Waals surface area (Å²) in [6, 6.07) is 0. The van der Waals surface area contributed by atoms with Gasteiger partial charge in [0, 0.05) is 0 Å². The maximum absolute atomic E-state index is 9.72. The molecular formula is C3H3OW. The van der Waals surface area contributed by atoms with Crippen molar-refractivity contribution < 1.29 is 23.9 Å². The van der Waals surface area contributed by atoms with Crippen molar-refractivity contribution in [3.63, 3.8) is 0 Å². The van der Waals surface area contributed by atoms with E-state index in [4.69, 9.17) is 0 Å². The van der Waals surface area contributed by atoms with E-state index in [1.165, 1.54) is 6.92 Å². The molecular weight excluding hydrogens is 236 g/mol. The summed E-state index contributed by atoms with van der Waals surface area (Å²) in [6.07, 6.45) is 0. The molecule has 2 heteroatoms. The van der Waals surface area contributed by atoms with Crippen molar-refractivity contribution in [2.75, 3.05) is 0 Å². The number of carbonyl (C=O) groups is 1. The second kappa shape index (κ2) is 2.38. The van der Waals surface area contributed by atoms with E-state index in [-0.39, 0.29) is 5.78 Å². The zero-order chi connectivity index (χ0) is 4.28. The molecule has 0 aliphatic rings. The van der Waals surface area contributed by atoms with Crippen LogP contribution in [-0.4, -0.2) is 5.78 Å². The van der Waals surface area contributed by atoms with E-state index in [9.17, 15) is 4.79 Å². The molecule has 0 N–H and O–H groups in total. The third-order valence-electron chi connectivity index (χ3n) is 0.144. The van der Waals surface area contributed by atoms with Crippen LogP contribution in [0.3, 0.4) is 0 Å². The Bertz CT molecular complexity index is 79.4. The van der Waals surface area contributed by atoms with Crippen LogP contribution in [-0.2, 0) is 23.9 Å². The maximum atomic E-state index is 9.72. The molecule has 0 bridgehead atoms. The summed E-state index contributed by atoms with van der Waals surface area (Å²) in [5.41, 5.74) is 0. The SMILES string of the molecule is CC(=O)[C]#[W]. The molecule has 0 saturated carbocycles. The van der Waals surface area contributed by atoms with Crippen LogP contribution in [0.2, 0.25) is 0 Å². The standard InChI is InChI=1S/C3H3O.W/c1-3(2)4;/h1H3;. The first-order valence-corrected chi connectivity index (χ1v) is 2.62. The average molecular weight is 239 g/mol. The van der Waals surface area contributed by atoms with Gasteiger partial charge in [-0.2, -0.15) is 0 Å². The molecule has 0 saturated heterocycles. The summed E-state index contributed by atoms with van der Waals surface area (Å²) in [5, 5.41) is 0. The number of ketones is 1. The molecule has 0 aromatic heterocycles. The van der Waals surface area contributed by atoms with E-state index in [0.29, 0.717) is 0 Å². The molecule has 0 amide bonds. The van der Waals surface area contributed by atoms with Crippen LogP contribution in [0.25, 0.3) is 0 Å². The molecule has 0 radical (unpaired) electrons. The fraction of sp³-hybridized carbons (Fsp3) is 0.333. The van der Waals surface area contributed by atoms with Gasteiger partial charge in [0.25, 0.3) is 0 Å². The fourth-order valence-corrected chi connectivity index (χ4v) is 0. The van der Waals surface area contributed by atoms with E-state index >= 15 is 0 Å². The molecule has 0 rings (SSSR count). The molecule has 0 spiro atoms. The van der Waals surface area contributed by atoms with Crippen molar-refractivity contribution in [1.29, 1.82) is 0 Å².